The van der Waals surface area contributed by atoms with Gasteiger partial charge in [-0.15, -0.1) is 0 Å². The van der Waals surface area contributed by atoms with Crippen LogP contribution in [0.3, 0.4) is 0 Å². The minimum atomic E-state index is -0.628. The van der Waals surface area contributed by atoms with Crippen LogP contribution >= 0.6 is 31.9 Å². The van der Waals surface area contributed by atoms with Crippen molar-refractivity contribution < 1.29 is 33.2 Å². The van der Waals surface area contributed by atoms with Crippen molar-refractivity contribution in [1.29, 1.82) is 0 Å². The number of hydrogen-bond donors (Lipinski definition) is 0. The Morgan fingerprint density at radius 1 is 0.522 bits per heavy atom. The number of hydrogen-bond acceptors (Lipinski definition) is 7. The zero-order chi connectivity index (χ0) is 32.3. The van der Waals surface area contributed by atoms with Gasteiger partial charge in [0.1, 0.15) is 16.0 Å². The van der Waals surface area contributed by atoms with Crippen LogP contribution in [-0.4, -0.2) is 46.8 Å². The van der Waals surface area contributed by atoms with Crippen molar-refractivity contribution >= 4 is 42.6 Å². The monoisotopic (exact) mass is 750 g/mol. The van der Waals surface area contributed by atoms with Gasteiger partial charge in [-0.25, -0.2) is 0 Å². The molecular weight excluding hydrogens is 716 g/mol. The minimum Gasteiger partial charge on any atom is -0.493 e. The van der Waals surface area contributed by atoms with E-state index in [1.165, 1.54) is 0 Å². The molecule has 0 aliphatic heterocycles. The molecule has 5 aromatic carbocycles. The largest absolute Gasteiger partial charge is 0.493 e. The molecule has 0 saturated heterocycles. The van der Waals surface area contributed by atoms with Crippen LogP contribution in [0.5, 0.6) is 28.7 Å². The maximum atomic E-state index is 6.75. The van der Waals surface area contributed by atoms with Crippen LogP contribution in [0.4, 0.5) is 0 Å². The highest BCUT2D eigenvalue weighted by Crippen LogP contribution is 2.48. The van der Waals surface area contributed by atoms with Gasteiger partial charge < -0.3 is 33.2 Å². The lowest BCUT2D eigenvalue weighted by Gasteiger charge is -2.30. The molecule has 0 amide bonds. The molecule has 2 atom stereocenters. The van der Waals surface area contributed by atoms with E-state index in [2.05, 4.69) is 44.0 Å². The summed E-state index contributed by atoms with van der Waals surface area (Å²) >= 11 is 7.45. The van der Waals surface area contributed by atoms with E-state index in [0.29, 0.717) is 46.4 Å². The van der Waals surface area contributed by atoms with Gasteiger partial charge in [-0.2, -0.15) is 0 Å². The Balaban J connectivity index is 1.50. The van der Waals surface area contributed by atoms with Crippen molar-refractivity contribution in [2.24, 2.45) is 0 Å². The summed E-state index contributed by atoms with van der Waals surface area (Å²) in [4.78, 5) is 0. The summed E-state index contributed by atoms with van der Waals surface area (Å²) in [6.07, 6.45) is -1.22. The van der Waals surface area contributed by atoms with E-state index in [4.69, 9.17) is 33.2 Å². The predicted molar refractivity (Wildman–Crippen MR) is 186 cm³/mol. The molecule has 0 unspecified atom stereocenters. The lowest BCUT2D eigenvalue weighted by molar-refractivity contribution is -0.0549. The van der Waals surface area contributed by atoms with Crippen molar-refractivity contribution in [2.75, 3.05) is 34.5 Å². The second kappa shape index (κ2) is 16.7. The molecule has 9 heteroatoms. The first-order valence-electron chi connectivity index (χ1n) is 14.7. The lowest BCUT2D eigenvalue weighted by Crippen LogP contribution is -2.43. The first-order chi connectivity index (χ1) is 22.5. The lowest BCUT2D eigenvalue weighted by atomic mass is 10.1. The second-order valence-corrected chi connectivity index (χ2v) is 12.0. The summed E-state index contributed by atoms with van der Waals surface area (Å²) < 4.78 is 44.3. The topological polar surface area (TPSA) is 64.6 Å². The van der Waals surface area contributed by atoms with E-state index in [1.54, 1.807) is 27.4 Å². The normalized spacial score (nSPS) is 12.4. The Hall–Kier alpha value is -3.76. The number of ether oxygens (including phenoxy) is 7. The van der Waals surface area contributed by atoms with Crippen LogP contribution in [0.15, 0.2) is 112 Å². The molecule has 5 aromatic rings. The fraction of sp³-hybridized carbons (Fsp3) is 0.243. The summed E-state index contributed by atoms with van der Waals surface area (Å²) in [5.41, 5.74) is 2.10. The quantitative estimate of drug-likeness (QED) is 0.0998. The van der Waals surface area contributed by atoms with Crippen molar-refractivity contribution in [3.63, 3.8) is 0 Å². The molecule has 5 rings (SSSR count). The average Bonchev–Trinajstić information content (AvgIpc) is 3.10. The molecule has 0 aliphatic carbocycles. The van der Waals surface area contributed by atoms with Gasteiger partial charge >= 0.3 is 0 Å². The van der Waals surface area contributed by atoms with Gasteiger partial charge in [-0.3, -0.25) is 0 Å². The highest BCUT2D eigenvalue weighted by Gasteiger charge is 2.30. The maximum absolute atomic E-state index is 6.75. The SMILES string of the molecule is COc1cc(O[C@H](COCc2ccccc2)[C@@H](COCc2ccccc2)Oc2ccc3ccccc3c2Br)c(Br)c(OC)c1OC. The van der Waals surface area contributed by atoms with Crippen LogP contribution in [-0.2, 0) is 22.7 Å². The van der Waals surface area contributed by atoms with Gasteiger partial charge in [-0.1, -0.05) is 91.0 Å². The molecule has 0 aliphatic rings. The Morgan fingerprint density at radius 2 is 1.07 bits per heavy atom. The molecule has 0 spiro atoms. The number of benzene rings is 5. The Kier molecular flexibility index (Phi) is 12.2. The number of fused-ring (bicyclic) bond motifs is 1. The van der Waals surface area contributed by atoms with Crippen LogP contribution in [0, 0.1) is 0 Å². The van der Waals surface area contributed by atoms with Crippen molar-refractivity contribution in [2.45, 2.75) is 25.4 Å². The highest BCUT2D eigenvalue weighted by atomic mass is 79.9. The summed E-state index contributed by atoms with van der Waals surface area (Å²) in [5.74, 6) is 2.47. The van der Waals surface area contributed by atoms with Crippen molar-refractivity contribution in [3.8, 4) is 28.7 Å². The minimum absolute atomic E-state index is 0.197. The third kappa shape index (κ3) is 8.33. The molecule has 7 nitrogen and oxygen atoms in total. The molecule has 240 valence electrons. The molecule has 0 bridgehead atoms. The van der Waals surface area contributed by atoms with Crippen molar-refractivity contribution in [3.05, 3.63) is 123 Å². The van der Waals surface area contributed by atoms with E-state index in [-0.39, 0.29) is 13.2 Å². The summed E-state index contributed by atoms with van der Waals surface area (Å²) in [6.45, 7) is 1.22. The highest BCUT2D eigenvalue weighted by molar-refractivity contribution is 9.11. The summed E-state index contributed by atoms with van der Waals surface area (Å²) in [7, 11) is 4.69. The smallest absolute Gasteiger partial charge is 0.204 e. The van der Waals surface area contributed by atoms with Crippen molar-refractivity contribution in [1.82, 2.24) is 0 Å². The fourth-order valence-electron chi connectivity index (χ4n) is 4.98. The Labute approximate surface area is 286 Å². The molecule has 0 heterocycles. The zero-order valence-corrected chi connectivity index (χ0v) is 29.1. The standard InChI is InChI=1S/C37H36Br2O7/c1-40-31-20-30(35(39)37(42-3)36(31)41-2)46-33(24-44-22-26-14-8-5-9-15-26)32(23-43-21-25-12-6-4-7-13-25)45-29-19-18-27-16-10-11-17-28(27)34(29)38/h4-20,32-33H,21-24H2,1-3H3/t32-,33-/m1/s1. The second-order valence-electron chi connectivity index (χ2n) is 10.4. The van der Waals surface area contributed by atoms with Crippen LogP contribution in [0.1, 0.15) is 11.1 Å². The molecular formula is C37H36Br2O7. The zero-order valence-electron chi connectivity index (χ0n) is 25.9. The van der Waals surface area contributed by atoms with Gasteiger partial charge in [-0.05, 0) is 59.8 Å². The third-order valence-electron chi connectivity index (χ3n) is 7.32. The third-order valence-corrected chi connectivity index (χ3v) is 8.89. The molecule has 0 aromatic heterocycles. The van der Waals surface area contributed by atoms with E-state index in [1.807, 2.05) is 84.9 Å². The van der Waals surface area contributed by atoms with E-state index in [9.17, 15) is 0 Å². The van der Waals surface area contributed by atoms with E-state index < -0.39 is 12.2 Å². The first-order valence-corrected chi connectivity index (χ1v) is 16.3. The van der Waals surface area contributed by atoms with Gasteiger partial charge in [0, 0.05) is 6.07 Å². The van der Waals surface area contributed by atoms with Crippen LogP contribution < -0.4 is 23.7 Å². The summed E-state index contributed by atoms with van der Waals surface area (Å²) in [6, 6.07) is 33.9. The molecule has 46 heavy (non-hydrogen) atoms. The molecule has 0 fully saturated rings. The first kappa shape index (κ1) is 33.6. The summed E-state index contributed by atoms with van der Waals surface area (Å²) in [5, 5.41) is 2.13. The van der Waals surface area contributed by atoms with Gasteiger partial charge in [0.15, 0.2) is 23.7 Å². The molecule has 0 N–H and O–H groups in total. The molecule has 0 radical (unpaired) electrons. The number of halogens is 2. The maximum Gasteiger partial charge on any atom is 0.204 e. The van der Waals surface area contributed by atoms with Crippen LogP contribution in [0.2, 0.25) is 0 Å². The fourth-order valence-corrected chi connectivity index (χ4v) is 6.12. The Morgan fingerprint density at radius 3 is 1.63 bits per heavy atom. The van der Waals surface area contributed by atoms with Gasteiger partial charge in [0.05, 0.1) is 52.2 Å². The predicted octanol–water partition coefficient (Wildman–Crippen LogP) is 9.02. The van der Waals surface area contributed by atoms with E-state index in [0.717, 1.165) is 26.4 Å². The van der Waals surface area contributed by atoms with E-state index >= 15 is 0 Å². The Bertz CT molecular complexity index is 1700. The van der Waals surface area contributed by atoms with Crippen LogP contribution in [0.25, 0.3) is 10.8 Å². The average molecular weight is 752 g/mol. The van der Waals surface area contributed by atoms with Gasteiger partial charge in [0.2, 0.25) is 5.75 Å². The molecule has 0 saturated carbocycles. The van der Waals surface area contributed by atoms with Gasteiger partial charge in [0.25, 0.3) is 0 Å². The number of rotatable bonds is 16. The number of methoxy groups -OCH3 is 3.